The van der Waals surface area contributed by atoms with E-state index in [-0.39, 0.29) is 0 Å². The van der Waals surface area contributed by atoms with Gasteiger partial charge in [0.05, 0.1) is 4.90 Å². The van der Waals surface area contributed by atoms with Crippen molar-refractivity contribution < 1.29 is 8.42 Å². The summed E-state index contributed by atoms with van der Waals surface area (Å²) < 4.78 is 27.3. The highest BCUT2D eigenvalue weighted by molar-refractivity contribution is 7.89. The maximum Gasteiger partial charge on any atom is 0.241 e. The third kappa shape index (κ3) is 2.05. The Kier molecular flexibility index (Phi) is 3.07. The molecule has 0 spiro atoms. The van der Waals surface area contributed by atoms with Crippen molar-refractivity contribution in [3.8, 4) is 0 Å². The van der Waals surface area contributed by atoms with Gasteiger partial charge in [-0.25, -0.2) is 13.1 Å². The van der Waals surface area contributed by atoms with Crippen molar-refractivity contribution in [2.75, 3.05) is 6.54 Å². The average Bonchev–Trinajstić information content (AvgIpc) is 2.82. The fourth-order valence-corrected chi connectivity index (χ4v) is 4.10. The minimum Gasteiger partial charge on any atom is -0.211 e. The van der Waals surface area contributed by atoms with Crippen LogP contribution in [0.4, 0.5) is 0 Å². The minimum absolute atomic E-state index is 0.406. The molecule has 3 nitrogen and oxygen atoms in total. The summed E-state index contributed by atoms with van der Waals surface area (Å²) in [5.41, 5.74) is 2.53. The van der Waals surface area contributed by atoms with Gasteiger partial charge in [0, 0.05) is 11.9 Å². The fourth-order valence-electron chi connectivity index (χ4n) is 2.77. The van der Waals surface area contributed by atoms with Crippen molar-refractivity contribution in [2.45, 2.75) is 31.1 Å². The molecule has 19 heavy (non-hydrogen) atoms. The van der Waals surface area contributed by atoms with E-state index in [0.717, 1.165) is 30.0 Å². The number of benzene rings is 2. The molecule has 1 aliphatic rings. The molecule has 4 heteroatoms. The van der Waals surface area contributed by atoms with E-state index in [4.69, 9.17) is 0 Å². The lowest BCUT2D eigenvalue weighted by molar-refractivity contribution is 0.581. The quantitative estimate of drug-likeness (QED) is 0.932. The van der Waals surface area contributed by atoms with Crippen LogP contribution in [0.25, 0.3) is 10.8 Å². The zero-order valence-electron chi connectivity index (χ0n) is 10.9. The van der Waals surface area contributed by atoms with Crippen LogP contribution in [-0.2, 0) is 22.9 Å². The minimum atomic E-state index is -3.40. The van der Waals surface area contributed by atoms with E-state index in [1.54, 1.807) is 6.07 Å². The van der Waals surface area contributed by atoms with E-state index in [9.17, 15) is 8.42 Å². The highest BCUT2D eigenvalue weighted by atomic mass is 32.2. The topological polar surface area (TPSA) is 46.2 Å². The van der Waals surface area contributed by atoms with Gasteiger partial charge in [-0.05, 0) is 41.8 Å². The van der Waals surface area contributed by atoms with Crippen LogP contribution in [0.15, 0.2) is 35.2 Å². The Morgan fingerprint density at radius 1 is 1.11 bits per heavy atom. The van der Waals surface area contributed by atoms with E-state index in [1.165, 1.54) is 11.1 Å². The lowest BCUT2D eigenvalue weighted by atomic mass is 10.1. The first-order chi connectivity index (χ1) is 9.13. The van der Waals surface area contributed by atoms with Gasteiger partial charge in [0.1, 0.15) is 0 Å². The smallest absolute Gasteiger partial charge is 0.211 e. The van der Waals surface area contributed by atoms with Crippen molar-refractivity contribution in [1.82, 2.24) is 4.72 Å². The molecule has 0 aliphatic heterocycles. The molecule has 0 aromatic heterocycles. The van der Waals surface area contributed by atoms with Gasteiger partial charge in [-0.3, -0.25) is 0 Å². The lowest BCUT2D eigenvalue weighted by Crippen LogP contribution is -2.24. The van der Waals surface area contributed by atoms with Crippen molar-refractivity contribution in [1.29, 1.82) is 0 Å². The molecule has 0 atom stereocenters. The highest BCUT2D eigenvalue weighted by Crippen LogP contribution is 2.34. The van der Waals surface area contributed by atoms with E-state index < -0.39 is 10.0 Å². The number of hydrogen-bond acceptors (Lipinski definition) is 2. The first-order valence-corrected chi connectivity index (χ1v) is 8.15. The number of hydrogen-bond donors (Lipinski definition) is 1. The van der Waals surface area contributed by atoms with Gasteiger partial charge < -0.3 is 0 Å². The summed E-state index contributed by atoms with van der Waals surface area (Å²) in [6.07, 6.45) is 2.82. The van der Waals surface area contributed by atoms with Crippen LogP contribution in [0.5, 0.6) is 0 Å². The second kappa shape index (κ2) is 4.62. The Bertz CT molecular complexity index is 725. The third-order valence-corrected chi connectivity index (χ3v) is 5.19. The lowest BCUT2D eigenvalue weighted by Gasteiger charge is -2.10. The van der Waals surface area contributed by atoms with Crippen LogP contribution in [0.3, 0.4) is 0 Å². The van der Waals surface area contributed by atoms with Gasteiger partial charge in [-0.2, -0.15) is 0 Å². The first kappa shape index (κ1) is 12.6. The van der Waals surface area contributed by atoms with Gasteiger partial charge in [0.15, 0.2) is 0 Å². The average molecular weight is 275 g/mol. The van der Waals surface area contributed by atoms with E-state index in [0.29, 0.717) is 11.4 Å². The van der Waals surface area contributed by atoms with Crippen molar-refractivity contribution >= 4 is 20.8 Å². The van der Waals surface area contributed by atoms with Crippen LogP contribution < -0.4 is 4.72 Å². The Balaban J connectivity index is 2.22. The predicted octanol–water partition coefficient (Wildman–Crippen LogP) is 2.63. The maximum atomic E-state index is 12.3. The van der Waals surface area contributed by atoms with Crippen LogP contribution in [0.1, 0.15) is 24.5 Å². The molecule has 0 unspecified atom stereocenters. The molecule has 0 saturated carbocycles. The third-order valence-electron chi connectivity index (χ3n) is 3.67. The molecule has 3 rings (SSSR count). The Labute approximate surface area is 113 Å². The zero-order chi connectivity index (χ0) is 13.5. The van der Waals surface area contributed by atoms with E-state index in [1.807, 2.05) is 25.1 Å². The number of aryl methyl sites for hydroxylation is 2. The second-order valence-electron chi connectivity index (χ2n) is 4.96. The molecule has 100 valence electrons. The summed E-state index contributed by atoms with van der Waals surface area (Å²) in [7, 11) is -3.40. The predicted molar refractivity (Wildman–Crippen MR) is 76.8 cm³/mol. The number of rotatable bonds is 4. The second-order valence-corrected chi connectivity index (χ2v) is 6.70. The molecule has 2 aromatic rings. The zero-order valence-corrected chi connectivity index (χ0v) is 11.8. The Morgan fingerprint density at radius 2 is 1.84 bits per heavy atom. The van der Waals surface area contributed by atoms with Gasteiger partial charge in [-0.1, -0.05) is 31.2 Å². The molecule has 0 fully saturated rings. The van der Waals surface area contributed by atoms with Gasteiger partial charge in [-0.15, -0.1) is 0 Å². The molecule has 1 aliphatic carbocycles. The summed E-state index contributed by atoms with van der Waals surface area (Å²) in [4.78, 5) is 0.406. The summed E-state index contributed by atoms with van der Waals surface area (Å²) >= 11 is 0. The van der Waals surface area contributed by atoms with Crippen LogP contribution in [-0.4, -0.2) is 15.0 Å². The molecule has 0 heterocycles. The van der Waals surface area contributed by atoms with Gasteiger partial charge >= 0.3 is 0 Å². The van der Waals surface area contributed by atoms with E-state index >= 15 is 0 Å². The SMILES string of the molecule is CCCNS(=O)(=O)c1ccc2c3c(cccc13)CC2. The number of sulfonamides is 1. The largest absolute Gasteiger partial charge is 0.241 e. The molecule has 2 aromatic carbocycles. The summed E-state index contributed by atoms with van der Waals surface area (Å²) in [5, 5.41) is 2.00. The maximum absolute atomic E-state index is 12.3. The van der Waals surface area contributed by atoms with Crippen molar-refractivity contribution in [3.63, 3.8) is 0 Å². The fraction of sp³-hybridized carbons (Fsp3) is 0.333. The highest BCUT2D eigenvalue weighted by Gasteiger charge is 2.21. The van der Waals surface area contributed by atoms with E-state index in [2.05, 4.69) is 10.8 Å². The molecule has 0 radical (unpaired) electrons. The monoisotopic (exact) mass is 275 g/mol. The normalized spacial score (nSPS) is 14.2. The van der Waals surface area contributed by atoms with Crippen LogP contribution in [0.2, 0.25) is 0 Å². The van der Waals surface area contributed by atoms with Gasteiger partial charge in [0.2, 0.25) is 10.0 Å². The molecular weight excluding hydrogens is 258 g/mol. The Hall–Kier alpha value is -1.39. The summed E-state index contributed by atoms with van der Waals surface area (Å²) in [6, 6.07) is 9.65. The van der Waals surface area contributed by atoms with Gasteiger partial charge in [0.25, 0.3) is 0 Å². The summed E-state index contributed by atoms with van der Waals surface area (Å²) in [5.74, 6) is 0. The van der Waals surface area contributed by atoms with Crippen LogP contribution >= 0.6 is 0 Å². The van der Waals surface area contributed by atoms with Crippen molar-refractivity contribution in [3.05, 3.63) is 41.5 Å². The molecular formula is C15H17NO2S. The molecule has 0 bridgehead atoms. The standard InChI is InChI=1S/C15H17NO2S/c1-2-10-16-19(17,18)14-9-8-12-7-6-11-4-3-5-13(14)15(11)12/h3-5,8-9,16H,2,6-7,10H2,1H3. The first-order valence-electron chi connectivity index (χ1n) is 6.66. The Morgan fingerprint density at radius 3 is 2.58 bits per heavy atom. The van der Waals surface area contributed by atoms with Crippen LogP contribution in [0, 0.1) is 0 Å². The summed E-state index contributed by atoms with van der Waals surface area (Å²) in [6.45, 7) is 2.43. The molecule has 0 amide bonds. The molecule has 1 N–H and O–H groups in total. The van der Waals surface area contributed by atoms with Crippen molar-refractivity contribution in [2.24, 2.45) is 0 Å². The number of nitrogens with one attached hydrogen (secondary N) is 1. The molecule has 0 saturated heterocycles.